The van der Waals surface area contributed by atoms with Crippen LogP contribution in [0.5, 0.6) is 0 Å². The van der Waals surface area contributed by atoms with Crippen molar-refractivity contribution in [3.63, 3.8) is 0 Å². The minimum Gasteiger partial charge on any atom is -0.356 e. The second-order valence-electron chi connectivity index (χ2n) is 5.72. The highest BCUT2D eigenvalue weighted by Gasteiger charge is 2.24. The van der Waals surface area contributed by atoms with Gasteiger partial charge in [-0.25, -0.2) is 0 Å². The maximum absolute atomic E-state index is 4.45. The zero-order valence-corrected chi connectivity index (χ0v) is 11.2. The summed E-state index contributed by atoms with van der Waals surface area (Å²) in [6.45, 7) is 7.65. The Morgan fingerprint density at radius 1 is 1.35 bits per heavy atom. The van der Waals surface area contributed by atoms with Gasteiger partial charge in [0.15, 0.2) is 5.96 Å². The van der Waals surface area contributed by atoms with Gasteiger partial charge in [0.05, 0.1) is 0 Å². The molecule has 0 amide bonds. The molecule has 2 N–H and O–H groups in total. The molecule has 3 heteroatoms. The Morgan fingerprint density at radius 3 is 2.88 bits per heavy atom. The van der Waals surface area contributed by atoms with E-state index in [1.54, 1.807) is 5.57 Å². The van der Waals surface area contributed by atoms with Crippen LogP contribution in [0.25, 0.3) is 0 Å². The average Bonchev–Trinajstić information content (AvgIpc) is 2.39. The zero-order chi connectivity index (χ0) is 12.1. The van der Waals surface area contributed by atoms with Gasteiger partial charge in [-0.2, -0.15) is 0 Å². The number of aliphatic imine (C=N–C) groups is 1. The van der Waals surface area contributed by atoms with Crippen LogP contribution in [0.4, 0.5) is 0 Å². The SMILES string of the molecule is CC(C)(CNC1=NCCCN1)C1=CCCCC1. The Morgan fingerprint density at radius 2 is 2.24 bits per heavy atom. The van der Waals surface area contributed by atoms with E-state index in [2.05, 4.69) is 35.5 Å². The van der Waals surface area contributed by atoms with Crippen molar-refractivity contribution in [2.45, 2.75) is 46.0 Å². The molecule has 0 fully saturated rings. The molecular formula is C14H25N3. The summed E-state index contributed by atoms with van der Waals surface area (Å²) in [6, 6.07) is 0. The van der Waals surface area contributed by atoms with E-state index in [0.717, 1.165) is 32.0 Å². The first-order valence-corrected chi connectivity index (χ1v) is 6.90. The highest BCUT2D eigenvalue weighted by atomic mass is 15.2. The minimum atomic E-state index is 0.252. The Bertz CT molecular complexity index is 315. The molecular weight excluding hydrogens is 210 g/mol. The molecule has 96 valence electrons. The number of allylic oxidation sites excluding steroid dienone is 1. The summed E-state index contributed by atoms with van der Waals surface area (Å²) in [6.07, 6.45) is 8.85. The third kappa shape index (κ3) is 3.48. The van der Waals surface area contributed by atoms with Crippen molar-refractivity contribution >= 4 is 5.96 Å². The first-order chi connectivity index (χ1) is 8.18. The predicted octanol–water partition coefficient (Wildman–Crippen LogP) is 2.45. The van der Waals surface area contributed by atoms with Gasteiger partial charge in [0.25, 0.3) is 0 Å². The summed E-state index contributed by atoms with van der Waals surface area (Å²) in [4.78, 5) is 4.45. The Hall–Kier alpha value is -0.990. The van der Waals surface area contributed by atoms with Gasteiger partial charge in [0.1, 0.15) is 0 Å². The fourth-order valence-corrected chi connectivity index (χ4v) is 2.52. The molecule has 0 bridgehead atoms. The maximum Gasteiger partial charge on any atom is 0.191 e. The predicted molar refractivity (Wildman–Crippen MR) is 73.3 cm³/mol. The van der Waals surface area contributed by atoms with E-state index < -0.39 is 0 Å². The lowest BCUT2D eigenvalue weighted by atomic mass is 9.78. The molecule has 0 aromatic heterocycles. The van der Waals surface area contributed by atoms with Crippen LogP contribution in [0.3, 0.4) is 0 Å². The molecule has 0 saturated heterocycles. The average molecular weight is 235 g/mol. The zero-order valence-electron chi connectivity index (χ0n) is 11.2. The smallest absolute Gasteiger partial charge is 0.191 e. The van der Waals surface area contributed by atoms with Gasteiger partial charge >= 0.3 is 0 Å². The highest BCUT2D eigenvalue weighted by molar-refractivity contribution is 5.80. The van der Waals surface area contributed by atoms with Gasteiger partial charge in [-0.1, -0.05) is 25.5 Å². The standard InChI is InChI=1S/C14H25N3/c1-14(2,12-7-4-3-5-8-12)11-17-13-15-9-6-10-16-13/h7H,3-6,8-11H2,1-2H3,(H2,15,16,17). The molecule has 0 saturated carbocycles. The van der Waals surface area contributed by atoms with Crippen LogP contribution in [0.1, 0.15) is 46.0 Å². The van der Waals surface area contributed by atoms with Crippen molar-refractivity contribution in [1.82, 2.24) is 10.6 Å². The molecule has 2 aliphatic rings. The summed E-state index contributed by atoms with van der Waals surface area (Å²) >= 11 is 0. The first-order valence-electron chi connectivity index (χ1n) is 6.90. The summed E-state index contributed by atoms with van der Waals surface area (Å²) in [5.74, 6) is 0.987. The lowest BCUT2D eigenvalue weighted by Crippen LogP contribution is -2.44. The number of hydrogen-bond donors (Lipinski definition) is 2. The van der Waals surface area contributed by atoms with Gasteiger partial charge in [0.2, 0.25) is 0 Å². The third-order valence-corrected chi connectivity index (χ3v) is 3.76. The fraction of sp³-hybridized carbons (Fsp3) is 0.786. The summed E-state index contributed by atoms with van der Waals surface area (Å²) in [5.41, 5.74) is 1.87. The number of nitrogens with one attached hydrogen (secondary N) is 2. The maximum atomic E-state index is 4.45. The summed E-state index contributed by atoms with van der Waals surface area (Å²) in [5, 5.41) is 6.77. The van der Waals surface area contributed by atoms with E-state index >= 15 is 0 Å². The van der Waals surface area contributed by atoms with E-state index in [1.807, 2.05) is 0 Å². The molecule has 0 spiro atoms. The lowest BCUT2D eigenvalue weighted by Gasteiger charge is -2.31. The van der Waals surface area contributed by atoms with Crippen LogP contribution in [-0.4, -0.2) is 25.6 Å². The first kappa shape index (κ1) is 12.5. The molecule has 0 radical (unpaired) electrons. The molecule has 0 atom stereocenters. The second-order valence-corrected chi connectivity index (χ2v) is 5.72. The second kappa shape index (κ2) is 5.56. The van der Waals surface area contributed by atoms with Crippen molar-refractivity contribution in [3.8, 4) is 0 Å². The quantitative estimate of drug-likeness (QED) is 0.737. The highest BCUT2D eigenvalue weighted by Crippen LogP contribution is 2.33. The van der Waals surface area contributed by atoms with Crippen molar-refractivity contribution in [1.29, 1.82) is 0 Å². The van der Waals surface area contributed by atoms with Gasteiger partial charge in [-0.05, 0) is 32.1 Å². The fourth-order valence-electron chi connectivity index (χ4n) is 2.52. The van der Waals surface area contributed by atoms with E-state index in [4.69, 9.17) is 0 Å². The largest absolute Gasteiger partial charge is 0.356 e. The van der Waals surface area contributed by atoms with Crippen LogP contribution < -0.4 is 10.6 Å². The molecule has 2 rings (SSSR count). The van der Waals surface area contributed by atoms with Crippen molar-refractivity contribution in [2.24, 2.45) is 10.4 Å². The topological polar surface area (TPSA) is 36.4 Å². The molecule has 1 aliphatic heterocycles. The molecule has 17 heavy (non-hydrogen) atoms. The Kier molecular flexibility index (Phi) is 4.08. The monoisotopic (exact) mass is 235 g/mol. The van der Waals surface area contributed by atoms with E-state index in [9.17, 15) is 0 Å². The van der Waals surface area contributed by atoms with Crippen LogP contribution in [0, 0.1) is 5.41 Å². The van der Waals surface area contributed by atoms with Crippen molar-refractivity contribution < 1.29 is 0 Å². The number of hydrogen-bond acceptors (Lipinski definition) is 3. The number of rotatable bonds is 3. The lowest BCUT2D eigenvalue weighted by molar-refractivity contribution is 0.406. The number of nitrogens with zero attached hydrogens (tertiary/aromatic N) is 1. The van der Waals surface area contributed by atoms with E-state index in [1.165, 1.54) is 25.7 Å². The van der Waals surface area contributed by atoms with Crippen LogP contribution >= 0.6 is 0 Å². The van der Waals surface area contributed by atoms with Crippen molar-refractivity contribution in [2.75, 3.05) is 19.6 Å². The molecule has 0 unspecified atom stereocenters. The van der Waals surface area contributed by atoms with Crippen molar-refractivity contribution in [3.05, 3.63) is 11.6 Å². The number of guanidine groups is 1. The van der Waals surface area contributed by atoms with Gasteiger partial charge in [-0.3, -0.25) is 4.99 Å². The molecule has 3 nitrogen and oxygen atoms in total. The van der Waals surface area contributed by atoms with Gasteiger partial charge < -0.3 is 10.6 Å². The molecule has 1 aliphatic carbocycles. The normalized spacial score (nSPS) is 21.3. The van der Waals surface area contributed by atoms with Gasteiger partial charge in [0, 0.05) is 25.0 Å². The molecule has 0 aromatic carbocycles. The van der Waals surface area contributed by atoms with E-state index in [0.29, 0.717) is 0 Å². The molecule has 0 aromatic rings. The van der Waals surface area contributed by atoms with Crippen LogP contribution in [-0.2, 0) is 0 Å². The van der Waals surface area contributed by atoms with Gasteiger partial charge in [-0.15, -0.1) is 0 Å². The molecule has 1 heterocycles. The Balaban J connectivity index is 1.87. The third-order valence-electron chi connectivity index (χ3n) is 3.76. The summed E-state index contributed by atoms with van der Waals surface area (Å²) in [7, 11) is 0. The van der Waals surface area contributed by atoms with Crippen LogP contribution in [0.15, 0.2) is 16.6 Å². The minimum absolute atomic E-state index is 0.252. The summed E-state index contributed by atoms with van der Waals surface area (Å²) < 4.78 is 0. The van der Waals surface area contributed by atoms with E-state index in [-0.39, 0.29) is 5.41 Å². The Labute approximate surface area is 105 Å². The van der Waals surface area contributed by atoms with Crippen LogP contribution in [0.2, 0.25) is 0 Å².